The summed E-state index contributed by atoms with van der Waals surface area (Å²) in [6, 6.07) is 0. The monoisotopic (exact) mass is 802 g/mol. The molecular weight excluding hydrogens is 740 g/mol. The highest BCUT2D eigenvalue weighted by atomic mass is 16.7. The molecule has 17 nitrogen and oxygen atoms in total. The first-order chi connectivity index (χ1) is 26.4. The third kappa shape index (κ3) is 6.70. The zero-order chi connectivity index (χ0) is 40.7. The van der Waals surface area contributed by atoms with Crippen LogP contribution in [0.3, 0.4) is 0 Å². The number of ether oxygens (including phenoxy) is 5. The van der Waals surface area contributed by atoms with Crippen molar-refractivity contribution < 1.29 is 84.7 Å². The van der Waals surface area contributed by atoms with Gasteiger partial charge in [0.05, 0.1) is 36.4 Å². The van der Waals surface area contributed by atoms with E-state index in [2.05, 4.69) is 13.5 Å². The van der Waals surface area contributed by atoms with Crippen LogP contribution in [0.15, 0.2) is 12.2 Å². The second-order valence-electron chi connectivity index (χ2n) is 18.5. The minimum Gasteiger partial charge on any atom is -0.432 e. The zero-order valence-corrected chi connectivity index (χ0v) is 32.1. The summed E-state index contributed by atoms with van der Waals surface area (Å²) in [5.41, 5.74) is -1.60. The molecule has 2 saturated heterocycles. The van der Waals surface area contributed by atoms with Gasteiger partial charge in [-0.15, -0.1) is 0 Å². The van der Waals surface area contributed by atoms with Gasteiger partial charge in [0.2, 0.25) is 6.29 Å². The predicted molar refractivity (Wildman–Crippen MR) is 190 cm³/mol. The molecule has 5 aliphatic carbocycles. The molecule has 1 spiro atoms. The number of aliphatic hydroxyl groups is 11. The molecule has 2 aliphatic heterocycles. The largest absolute Gasteiger partial charge is 0.432 e. The molecule has 7 fully saturated rings. The second-order valence-corrected chi connectivity index (χ2v) is 18.5. The van der Waals surface area contributed by atoms with Crippen LogP contribution in [0.5, 0.6) is 0 Å². The van der Waals surface area contributed by atoms with E-state index in [0.29, 0.717) is 38.5 Å². The van der Waals surface area contributed by atoms with Crippen molar-refractivity contribution in [3.63, 3.8) is 0 Å². The Morgan fingerprint density at radius 3 is 2.02 bits per heavy atom. The first-order valence-corrected chi connectivity index (χ1v) is 20.2. The van der Waals surface area contributed by atoms with Crippen LogP contribution in [0, 0.1) is 34.0 Å². The molecule has 0 aromatic rings. The van der Waals surface area contributed by atoms with Crippen LogP contribution in [-0.2, 0) is 28.5 Å². The minimum atomic E-state index is -1.75. The van der Waals surface area contributed by atoms with Crippen LogP contribution in [-0.4, -0.2) is 173 Å². The highest BCUT2D eigenvalue weighted by Crippen LogP contribution is 2.73. The predicted octanol–water partition coefficient (Wildman–Crippen LogP) is -2.27. The summed E-state index contributed by atoms with van der Waals surface area (Å²) >= 11 is 0. The van der Waals surface area contributed by atoms with E-state index >= 15 is 0 Å². The maximum Gasteiger partial charge on any atom is 0.314 e. The number of carbonyl (C=O) groups excluding carboxylic acids is 1. The number of esters is 1. The summed E-state index contributed by atoms with van der Waals surface area (Å²) in [5.74, 6) is -1.47. The Balaban J connectivity index is 1.10. The molecule has 2 bridgehead atoms. The summed E-state index contributed by atoms with van der Waals surface area (Å²) in [6.07, 6.45) is -15.1. The number of hydrogen-bond donors (Lipinski definition) is 11. The van der Waals surface area contributed by atoms with E-state index in [4.69, 9.17) is 23.7 Å². The van der Waals surface area contributed by atoms with Gasteiger partial charge in [-0.2, -0.15) is 0 Å². The molecule has 5 saturated carbocycles. The summed E-state index contributed by atoms with van der Waals surface area (Å²) in [4.78, 5) is 14.6. The van der Waals surface area contributed by atoms with Crippen LogP contribution in [0.1, 0.15) is 78.1 Å². The minimum absolute atomic E-state index is 0.123. The number of hydrogen-bond acceptors (Lipinski definition) is 17. The van der Waals surface area contributed by atoms with Crippen LogP contribution < -0.4 is 0 Å². The summed E-state index contributed by atoms with van der Waals surface area (Å²) in [7, 11) is 0. The molecule has 0 aromatic heterocycles. The maximum atomic E-state index is 14.6. The van der Waals surface area contributed by atoms with Crippen molar-refractivity contribution in [1.82, 2.24) is 0 Å². The van der Waals surface area contributed by atoms with Gasteiger partial charge in [0.1, 0.15) is 61.0 Å². The summed E-state index contributed by atoms with van der Waals surface area (Å²) in [6.45, 7) is 6.73. The number of rotatable bonds is 9. The van der Waals surface area contributed by atoms with Gasteiger partial charge in [-0.25, -0.2) is 0 Å². The van der Waals surface area contributed by atoms with Gasteiger partial charge < -0.3 is 79.9 Å². The molecule has 0 aromatic carbocycles. The topological polar surface area (TPSA) is 286 Å². The Morgan fingerprint density at radius 2 is 1.36 bits per heavy atom. The van der Waals surface area contributed by atoms with Crippen LogP contribution in [0.4, 0.5) is 0 Å². The highest BCUT2D eigenvalue weighted by Gasteiger charge is 2.69. The molecule has 0 amide bonds. The Morgan fingerprint density at radius 1 is 0.732 bits per heavy atom. The number of carbonyl (C=O) groups is 1. The van der Waals surface area contributed by atoms with Gasteiger partial charge in [-0.3, -0.25) is 4.79 Å². The molecule has 17 unspecified atom stereocenters. The van der Waals surface area contributed by atoms with Gasteiger partial charge in [0.25, 0.3) is 0 Å². The SMILES string of the molecule is C=C1C[C@@]23CCC4[C@](C)(C(=O)OC5OC(CO)C(O)C(O)C5OC5CC(CO)C(O)C(O)C5O)CCC[C@@]4(C)[C@@H]2CCC1(OC1OC(CO)C(O)C(O)C1O)C3. The third-order valence-corrected chi connectivity index (χ3v) is 15.5. The summed E-state index contributed by atoms with van der Waals surface area (Å²) < 4.78 is 30.2. The van der Waals surface area contributed by atoms with E-state index in [0.717, 1.165) is 24.8 Å². The molecule has 0 radical (unpaired) electrons. The molecule has 11 N–H and O–H groups in total. The van der Waals surface area contributed by atoms with Crippen LogP contribution in [0.25, 0.3) is 0 Å². The highest BCUT2D eigenvalue weighted by molar-refractivity contribution is 5.77. The average molecular weight is 803 g/mol. The first-order valence-electron chi connectivity index (χ1n) is 20.2. The quantitative estimate of drug-likeness (QED) is 0.0666. The van der Waals surface area contributed by atoms with Crippen molar-refractivity contribution >= 4 is 5.97 Å². The van der Waals surface area contributed by atoms with Crippen molar-refractivity contribution in [2.45, 2.75) is 169 Å². The fraction of sp³-hybridized carbons (Fsp3) is 0.923. The summed E-state index contributed by atoms with van der Waals surface area (Å²) in [5, 5.41) is 115. The third-order valence-electron chi connectivity index (χ3n) is 15.5. The average Bonchev–Trinajstić information content (AvgIpc) is 3.37. The Kier molecular flexibility index (Phi) is 11.9. The lowest BCUT2D eigenvalue weighted by Gasteiger charge is -2.64. The molecule has 320 valence electrons. The van der Waals surface area contributed by atoms with E-state index in [1.165, 1.54) is 0 Å². The van der Waals surface area contributed by atoms with Crippen LogP contribution in [0.2, 0.25) is 0 Å². The lowest BCUT2D eigenvalue weighted by Crippen LogP contribution is -2.64. The molecular formula is C39H62O17. The normalized spacial score (nSPS) is 54.6. The van der Waals surface area contributed by atoms with Crippen molar-refractivity contribution in [2.75, 3.05) is 19.8 Å². The van der Waals surface area contributed by atoms with E-state index in [9.17, 15) is 61.0 Å². The fourth-order valence-electron chi connectivity index (χ4n) is 12.5. The fourth-order valence-corrected chi connectivity index (χ4v) is 12.5. The molecule has 7 rings (SSSR count). The molecule has 2 heterocycles. The van der Waals surface area contributed by atoms with Crippen molar-refractivity contribution in [1.29, 1.82) is 0 Å². The first kappa shape index (κ1) is 42.7. The van der Waals surface area contributed by atoms with Crippen molar-refractivity contribution in [3.05, 3.63) is 12.2 Å². The maximum absolute atomic E-state index is 14.6. The lowest BCUT2D eigenvalue weighted by molar-refractivity contribution is -0.328. The van der Waals surface area contributed by atoms with E-state index in [-0.39, 0.29) is 29.1 Å². The smallest absolute Gasteiger partial charge is 0.314 e. The van der Waals surface area contributed by atoms with Gasteiger partial charge in [0, 0.05) is 12.5 Å². The second kappa shape index (κ2) is 15.6. The van der Waals surface area contributed by atoms with Crippen molar-refractivity contribution in [2.24, 2.45) is 34.0 Å². The Bertz CT molecular complexity index is 1450. The van der Waals surface area contributed by atoms with Gasteiger partial charge in [-0.1, -0.05) is 19.9 Å². The Labute approximate surface area is 325 Å². The molecule has 7 aliphatic rings. The van der Waals surface area contributed by atoms with Gasteiger partial charge in [-0.05, 0) is 93.0 Å². The Hall–Kier alpha value is -1.39. The molecule has 56 heavy (non-hydrogen) atoms. The molecule has 21 atom stereocenters. The lowest BCUT2D eigenvalue weighted by atomic mass is 9.41. The zero-order valence-electron chi connectivity index (χ0n) is 32.1. The van der Waals surface area contributed by atoms with E-state index in [1.807, 2.05) is 6.92 Å². The number of fused-ring (bicyclic) bond motifs is 3. The van der Waals surface area contributed by atoms with E-state index < -0.39 is 129 Å². The van der Waals surface area contributed by atoms with Crippen LogP contribution >= 0.6 is 0 Å². The van der Waals surface area contributed by atoms with Crippen molar-refractivity contribution in [3.8, 4) is 0 Å². The molecule has 17 heteroatoms. The number of aliphatic hydroxyl groups excluding tert-OH is 11. The van der Waals surface area contributed by atoms with Gasteiger partial charge in [0.15, 0.2) is 6.29 Å². The standard InChI is InChI=1S/C39H62O17/c1-17-12-38-9-5-22-36(2,23(38)6-10-39(17,16-38)56-33-31(50)29(48)26(45)20(14-41)53-33)7-4-8-37(22,3)35(51)55-34-32(30(49)27(46)21(15-42)54-34)52-19-11-18(13-40)24(43)28(47)25(19)44/h18-34,40-50H,1,4-16H2,2-3H3/t18?,19?,20?,21?,22?,23-,24?,25?,26?,27?,28?,29?,30?,31?,32?,33?,34?,36+,37+,38+,39?/m0/s1. The van der Waals surface area contributed by atoms with Gasteiger partial charge >= 0.3 is 5.97 Å². The van der Waals surface area contributed by atoms with E-state index in [1.54, 1.807) is 0 Å².